The molecule has 6 nitrogen and oxygen atoms in total. The summed E-state index contributed by atoms with van der Waals surface area (Å²) in [5, 5.41) is 69.9. The lowest BCUT2D eigenvalue weighted by Crippen LogP contribution is -2.94. The molecule has 1 saturated carbocycles. The molecule has 0 unspecified atom stereocenters. The number of hydrogen-bond donors (Lipinski definition) is 6. The molecule has 1 aliphatic carbocycles. The van der Waals surface area contributed by atoms with Crippen LogP contribution in [0.15, 0.2) is 0 Å². The van der Waals surface area contributed by atoms with Gasteiger partial charge in [-0.25, -0.2) is 0 Å². The van der Waals surface area contributed by atoms with Gasteiger partial charge in [0.15, 0.2) is 0 Å². The molecule has 0 spiro atoms. The number of hydrogen-bond acceptors (Lipinski definition) is 6. The molecule has 0 amide bonds. The topological polar surface area (TPSA) is 121 Å². The molecule has 1 fully saturated rings. The zero-order valence-corrected chi connectivity index (χ0v) is 16.4. The first-order chi connectivity index (χ1) is 13.9. The minimum atomic E-state index is -2.97. The summed E-state index contributed by atoms with van der Waals surface area (Å²) >= 11 is 0. The fourth-order valence-electron chi connectivity index (χ4n) is 4.69. The van der Waals surface area contributed by atoms with E-state index in [1.54, 1.807) is 0 Å². The monoisotopic (exact) mass is 408 g/mol. The summed E-state index contributed by atoms with van der Waals surface area (Å²) in [6.07, 6.45) is 27.0. The Balaban J connectivity index is 4.39. The van der Waals surface area contributed by atoms with Crippen molar-refractivity contribution in [2.75, 3.05) is 0 Å². The average Bonchev–Trinajstić information content (AvgIpc) is 2.67. The lowest BCUT2D eigenvalue weighted by Gasteiger charge is -2.71. The summed E-state index contributed by atoms with van der Waals surface area (Å²) in [5.41, 5.74) is -17.8. The van der Waals surface area contributed by atoms with Crippen LogP contribution in [0.2, 0.25) is 0 Å². The van der Waals surface area contributed by atoms with Gasteiger partial charge in [0.1, 0.15) is 33.6 Å². The number of rotatable bonds is 6. The summed E-state index contributed by atoms with van der Waals surface area (Å²) in [7, 11) is 0. The largest absolute Gasteiger partial charge is 0.383 e. The van der Waals surface area contributed by atoms with E-state index in [9.17, 15) is 30.6 Å². The van der Waals surface area contributed by atoms with E-state index >= 15 is 0 Å². The summed E-state index contributed by atoms with van der Waals surface area (Å²) in [6.45, 7) is 0. The first kappa shape index (κ1) is 25.2. The lowest BCUT2D eigenvalue weighted by molar-refractivity contribution is -0.433. The molecule has 0 aromatic rings. The van der Waals surface area contributed by atoms with E-state index in [0.29, 0.717) is 0 Å². The highest BCUT2D eigenvalue weighted by atomic mass is 16.5. The molecule has 156 valence electrons. The van der Waals surface area contributed by atoms with Crippen LogP contribution in [0.25, 0.3) is 0 Å². The first-order valence-electron chi connectivity index (χ1n) is 8.82. The van der Waals surface area contributed by atoms with Crippen LogP contribution in [0.4, 0.5) is 0 Å². The molecule has 0 atom stereocenters. The highest BCUT2D eigenvalue weighted by Gasteiger charge is 2.87. The van der Waals surface area contributed by atoms with Crippen molar-refractivity contribution in [3.8, 4) is 74.1 Å². The Labute approximate surface area is 177 Å². The predicted molar refractivity (Wildman–Crippen MR) is 110 cm³/mol. The normalized spacial score (nSPS) is 42.4. The van der Waals surface area contributed by atoms with Gasteiger partial charge < -0.3 is 30.6 Å². The van der Waals surface area contributed by atoms with Gasteiger partial charge in [0, 0.05) is 38.5 Å². The Kier molecular flexibility index (Phi) is 6.79. The molecule has 0 heterocycles. The molecule has 30 heavy (non-hydrogen) atoms. The van der Waals surface area contributed by atoms with Gasteiger partial charge in [-0.05, 0) is 0 Å². The average molecular weight is 408 g/mol. The van der Waals surface area contributed by atoms with Crippen LogP contribution in [-0.2, 0) is 0 Å². The molecular formula is C24H24O6. The Bertz CT molecular complexity index is 719. The molecule has 1 aliphatic rings. The van der Waals surface area contributed by atoms with Gasteiger partial charge in [-0.15, -0.1) is 74.1 Å². The van der Waals surface area contributed by atoms with E-state index in [1.807, 2.05) is 0 Å². The van der Waals surface area contributed by atoms with Gasteiger partial charge in [0.05, 0.1) is 0 Å². The molecule has 0 bridgehead atoms. The Morgan fingerprint density at radius 3 is 0.500 bits per heavy atom. The summed E-state index contributed by atoms with van der Waals surface area (Å²) < 4.78 is 0. The highest BCUT2D eigenvalue weighted by Crippen LogP contribution is 2.64. The van der Waals surface area contributed by atoms with Crippen molar-refractivity contribution in [2.45, 2.75) is 72.1 Å². The van der Waals surface area contributed by atoms with Crippen LogP contribution in [0.5, 0.6) is 0 Å². The maximum atomic E-state index is 11.6. The maximum absolute atomic E-state index is 11.6. The summed E-state index contributed by atoms with van der Waals surface area (Å²) in [5.74, 6) is 12.4. The molecule has 0 saturated heterocycles. The minimum absolute atomic E-state index is 0.852. The van der Waals surface area contributed by atoms with Gasteiger partial charge in [-0.1, -0.05) is 0 Å². The third kappa shape index (κ3) is 2.59. The maximum Gasteiger partial charge on any atom is 0.140 e. The van der Waals surface area contributed by atoms with Crippen LogP contribution >= 0.6 is 0 Å². The molecular weight excluding hydrogens is 384 g/mol. The minimum Gasteiger partial charge on any atom is -0.383 e. The molecule has 0 aliphatic heterocycles. The second kappa shape index (κ2) is 8.10. The van der Waals surface area contributed by atoms with E-state index in [1.165, 1.54) is 0 Å². The van der Waals surface area contributed by atoms with Crippen LogP contribution in [0.1, 0.15) is 38.5 Å². The van der Waals surface area contributed by atoms with Crippen molar-refractivity contribution < 1.29 is 30.6 Å². The van der Waals surface area contributed by atoms with Crippen LogP contribution in [0.3, 0.4) is 0 Å². The molecule has 1 rings (SSSR count). The third-order valence-electron chi connectivity index (χ3n) is 6.25. The Hall–Kier alpha value is -2.88. The molecule has 0 radical (unpaired) electrons. The fraction of sp³-hybridized carbons (Fsp3) is 0.500. The quantitative estimate of drug-likeness (QED) is 0.299. The van der Waals surface area contributed by atoms with Gasteiger partial charge in [-0.3, -0.25) is 0 Å². The Morgan fingerprint density at radius 2 is 0.433 bits per heavy atom. The van der Waals surface area contributed by atoms with Crippen molar-refractivity contribution in [2.24, 2.45) is 0 Å². The zero-order chi connectivity index (χ0) is 23.5. The standard InChI is InChI=1S/C24H24O6/c1-7-13-19(25)20(26,14-8-2)22(28,16-10-4)24(30,18-12-6)23(29,17-11-5)21(19,27)15-9-3/h1-6,25-30H,13-18H2. The second-order valence-electron chi connectivity index (χ2n) is 7.45. The number of aliphatic hydroxyl groups is 6. The number of terminal acetylenes is 6. The van der Waals surface area contributed by atoms with Crippen LogP contribution < -0.4 is 0 Å². The van der Waals surface area contributed by atoms with Crippen molar-refractivity contribution in [1.29, 1.82) is 0 Å². The van der Waals surface area contributed by atoms with Gasteiger partial charge in [0.25, 0.3) is 0 Å². The van der Waals surface area contributed by atoms with E-state index in [2.05, 4.69) is 35.5 Å². The molecule has 0 aromatic carbocycles. The van der Waals surface area contributed by atoms with Crippen molar-refractivity contribution in [3.63, 3.8) is 0 Å². The van der Waals surface area contributed by atoms with Gasteiger partial charge in [-0.2, -0.15) is 0 Å². The molecule has 6 heteroatoms. The summed E-state index contributed by atoms with van der Waals surface area (Å²) in [4.78, 5) is 0. The van der Waals surface area contributed by atoms with E-state index in [4.69, 9.17) is 38.5 Å². The predicted octanol–water partition coefficient (Wildman–Crippen LogP) is -1.47. The zero-order valence-electron chi connectivity index (χ0n) is 16.4. The van der Waals surface area contributed by atoms with E-state index < -0.39 is 72.1 Å². The highest BCUT2D eigenvalue weighted by molar-refractivity contribution is 5.43. The first-order valence-corrected chi connectivity index (χ1v) is 8.82. The Morgan fingerprint density at radius 1 is 0.333 bits per heavy atom. The van der Waals surface area contributed by atoms with Gasteiger partial charge in [0.2, 0.25) is 0 Å². The van der Waals surface area contributed by atoms with Crippen molar-refractivity contribution in [1.82, 2.24) is 0 Å². The van der Waals surface area contributed by atoms with Crippen LogP contribution in [-0.4, -0.2) is 64.2 Å². The SMILES string of the molecule is C#CCC1(O)C(O)(CC#C)C(O)(CC#C)C(O)(CC#C)C(O)(CC#C)C1(O)CC#C. The van der Waals surface area contributed by atoms with Crippen molar-refractivity contribution >= 4 is 0 Å². The fourth-order valence-corrected chi connectivity index (χ4v) is 4.69. The second-order valence-corrected chi connectivity index (χ2v) is 7.45. The van der Waals surface area contributed by atoms with E-state index in [-0.39, 0.29) is 0 Å². The smallest absolute Gasteiger partial charge is 0.140 e. The summed E-state index contributed by atoms with van der Waals surface area (Å²) in [6, 6.07) is 0. The van der Waals surface area contributed by atoms with Crippen molar-refractivity contribution in [3.05, 3.63) is 0 Å². The lowest BCUT2D eigenvalue weighted by atomic mass is 9.41. The molecule has 0 aromatic heterocycles. The van der Waals surface area contributed by atoms with Crippen LogP contribution in [0, 0.1) is 74.1 Å². The van der Waals surface area contributed by atoms with Gasteiger partial charge >= 0.3 is 0 Å². The van der Waals surface area contributed by atoms with E-state index in [0.717, 1.165) is 0 Å². The molecule has 6 N–H and O–H groups in total. The third-order valence-corrected chi connectivity index (χ3v) is 6.25.